The van der Waals surface area contributed by atoms with Crippen molar-refractivity contribution < 1.29 is 13.2 Å². The summed E-state index contributed by atoms with van der Waals surface area (Å²) in [6.07, 6.45) is 11.9. The molecule has 0 amide bonds. The zero-order valence-corrected chi connectivity index (χ0v) is 21.8. The van der Waals surface area contributed by atoms with Gasteiger partial charge in [0, 0.05) is 27.6 Å². The van der Waals surface area contributed by atoms with E-state index < -0.39 is 15.4 Å². The van der Waals surface area contributed by atoms with E-state index in [4.69, 9.17) is 0 Å². The van der Waals surface area contributed by atoms with E-state index in [1.807, 2.05) is 80.1 Å². The van der Waals surface area contributed by atoms with Gasteiger partial charge in [-0.25, -0.2) is 13.1 Å². The molecule has 0 aliphatic rings. The molecule has 0 fully saturated rings. The molecule has 0 atom stereocenters. The Bertz CT molecular complexity index is 1370. The Kier molecular flexibility index (Phi) is 8.19. The highest BCUT2D eigenvalue weighted by Gasteiger charge is 2.23. The Hall–Kier alpha value is -3.08. The van der Waals surface area contributed by atoms with Gasteiger partial charge in [0.2, 0.25) is 0 Å². The lowest BCUT2D eigenvalue weighted by Gasteiger charge is -2.15. The Morgan fingerprint density at radius 2 is 1.38 bits per heavy atom. The van der Waals surface area contributed by atoms with Crippen LogP contribution < -0.4 is 0 Å². The number of carbonyl (C=O) groups excluding carboxylic acids is 1. The van der Waals surface area contributed by atoms with E-state index in [1.54, 1.807) is 41.0 Å². The molecule has 0 saturated carbocycles. The molecule has 0 aromatic carbocycles. The van der Waals surface area contributed by atoms with Gasteiger partial charge in [-0.2, -0.15) is 14.3 Å². The fraction of sp³-hybridized carbons (Fsp3) is 0.208. The Morgan fingerprint density at radius 1 is 0.853 bits per heavy atom. The second-order valence-electron chi connectivity index (χ2n) is 8.31. The van der Waals surface area contributed by atoms with Gasteiger partial charge < -0.3 is 0 Å². The molecule has 0 unspecified atom stereocenters. The quantitative estimate of drug-likeness (QED) is 0.340. The third-order valence-electron chi connectivity index (χ3n) is 4.31. The van der Waals surface area contributed by atoms with Crippen LogP contribution in [0.3, 0.4) is 0 Å². The number of carbonyl (C=O) groups is 1. The Balaban J connectivity index is 0.000000192. The van der Waals surface area contributed by atoms with Crippen LogP contribution in [0.5, 0.6) is 0 Å². The van der Waals surface area contributed by atoms with Crippen LogP contribution in [0.1, 0.15) is 46.7 Å². The topological polar surface area (TPSA) is 86.9 Å². The van der Waals surface area contributed by atoms with E-state index in [9.17, 15) is 13.2 Å². The van der Waals surface area contributed by atoms with Crippen molar-refractivity contribution in [2.45, 2.75) is 20.8 Å². The third kappa shape index (κ3) is 7.47. The molecule has 178 valence electrons. The molecule has 0 N–H and O–H groups in total. The molecular formula is C24H26N4O3S3. The van der Waals surface area contributed by atoms with Crippen molar-refractivity contribution in [2.24, 2.45) is 5.41 Å². The Labute approximate surface area is 207 Å². The maximum Gasteiger partial charge on any atom is 0.252 e. The standard InChI is InChI=1S/C14H16N2OS.C10H10N2O2S2/c1-14(2,3)13(17)16-9-8-11(15-16)6-7-12-5-4-10-18-12;1-16(13,14)12-7-6-9(11-12)4-5-10-3-2-8-15-10/h4-10H,1-3H3;2-8H,1H3. The molecule has 0 aliphatic heterocycles. The largest absolute Gasteiger partial charge is 0.272 e. The number of hydrogen-bond donors (Lipinski definition) is 0. The lowest BCUT2D eigenvalue weighted by Crippen LogP contribution is -2.27. The predicted molar refractivity (Wildman–Crippen MR) is 141 cm³/mol. The van der Waals surface area contributed by atoms with Crippen molar-refractivity contribution in [3.05, 3.63) is 80.7 Å². The number of hydrogen-bond acceptors (Lipinski definition) is 7. The first-order valence-corrected chi connectivity index (χ1v) is 13.9. The smallest absolute Gasteiger partial charge is 0.252 e. The van der Waals surface area contributed by atoms with Gasteiger partial charge in [0.1, 0.15) is 0 Å². The van der Waals surface area contributed by atoms with Crippen LogP contribution in [0, 0.1) is 5.41 Å². The van der Waals surface area contributed by atoms with Crippen LogP contribution >= 0.6 is 22.7 Å². The molecule has 34 heavy (non-hydrogen) atoms. The highest BCUT2D eigenvalue weighted by molar-refractivity contribution is 7.89. The van der Waals surface area contributed by atoms with Crippen molar-refractivity contribution in [1.29, 1.82) is 0 Å². The fourth-order valence-corrected chi connectivity index (χ4v) is 4.35. The molecule has 0 aliphatic carbocycles. The van der Waals surface area contributed by atoms with Crippen molar-refractivity contribution >= 4 is 62.9 Å². The summed E-state index contributed by atoms with van der Waals surface area (Å²) in [6.45, 7) is 5.66. The molecule has 4 aromatic rings. The summed E-state index contributed by atoms with van der Waals surface area (Å²) in [4.78, 5) is 14.3. The lowest BCUT2D eigenvalue weighted by molar-refractivity contribution is 0.0748. The van der Waals surface area contributed by atoms with Crippen LogP contribution in [-0.2, 0) is 10.0 Å². The van der Waals surface area contributed by atoms with E-state index in [0.29, 0.717) is 5.69 Å². The summed E-state index contributed by atoms with van der Waals surface area (Å²) in [5.74, 6) is -0.00160. The summed E-state index contributed by atoms with van der Waals surface area (Å²) in [6, 6.07) is 11.5. The minimum absolute atomic E-state index is 0.00160. The van der Waals surface area contributed by atoms with E-state index in [-0.39, 0.29) is 5.91 Å². The molecule has 0 spiro atoms. The van der Waals surface area contributed by atoms with E-state index in [1.165, 1.54) is 15.8 Å². The molecule has 10 heteroatoms. The zero-order valence-electron chi connectivity index (χ0n) is 19.3. The molecule has 4 aromatic heterocycles. The fourth-order valence-electron chi connectivity index (χ4n) is 2.59. The van der Waals surface area contributed by atoms with Crippen molar-refractivity contribution in [3.8, 4) is 0 Å². The first-order valence-electron chi connectivity index (χ1n) is 10.3. The summed E-state index contributed by atoms with van der Waals surface area (Å²) in [5, 5.41) is 12.2. The van der Waals surface area contributed by atoms with Gasteiger partial charge in [0.25, 0.3) is 15.9 Å². The van der Waals surface area contributed by atoms with Gasteiger partial charge in [0.15, 0.2) is 0 Å². The van der Waals surface area contributed by atoms with Gasteiger partial charge in [-0.05, 0) is 59.3 Å². The monoisotopic (exact) mass is 514 g/mol. The first kappa shape index (κ1) is 25.5. The van der Waals surface area contributed by atoms with Crippen LogP contribution in [0.25, 0.3) is 24.3 Å². The number of rotatable bonds is 5. The zero-order chi connectivity index (χ0) is 24.8. The van der Waals surface area contributed by atoms with Crippen LogP contribution in [0.15, 0.2) is 59.6 Å². The maximum absolute atomic E-state index is 12.0. The average Bonchev–Trinajstić information content (AvgIpc) is 3.56. The SMILES string of the molecule is CC(C)(C)C(=O)n1ccc(C=Cc2cccs2)n1.CS(=O)(=O)n1ccc(C=Cc2cccs2)n1. The summed E-state index contributed by atoms with van der Waals surface area (Å²) in [7, 11) is -3.28. The minimum Gasteiger partial charge on any atom is -0.272 e. The predicted octanol–water partition coefficient (Wildman–Crippen LogP) is 5.72. The van der Waals surface area contributed by atoms with Gasteiger partial charge in [0.05, 0.1) is 17.6 Å². The maximum atomic E-state index is 12.0. The molecule has 0 radical (unpaired) electrons. The van der Waals surface area contributed by atoms with Gasteiger partial charge >= 0.3 is 0 Å². The molecule has 4 rings (SSSR count). The number of thiophene rings is 2. The van der Waals surface area contributed by atoms with Crippen molar-refractivity contribution in [3.63, 3.8) is 0 Å². The summed E-state index contributed by atoms with van der Waals surface area (Å²) >= 11 is 3.29. The van der Waals surface area contributed by atoms with Gasteiger partial charge in [-0.3, -0.25) is 4.79 Å². The van der Waals surface area contributed by atoms with Crippen LogP contribution in [-0.4, -0.2) is 39.5 Å². The molecule has 4 heterocycles. The molecule has 7 nitrogen and oxygen atoms in total. The minimum atomic E-state index is -3.28. The first-order chi connectivity index (χ1) is 16.0. The van der Waals surface area contributed by atoms with E-state index in [0.717, 1.165) is 20.9 Å². The van der Waals surface area contributed by atoms with Crippen molar-refractivity contribution in [1.82, 2.24) is 19.0 Å². The average molecular weight is 515 g/mol. The van der Waals surface area contributed by atoms with E-state index >= 15 is 0 Å². The van der Waals surface area contributed by atoms with Crippen LogP contribution in [0.4, 0.5) is 0 Å². The normalized spacial score (nSPS) is 12.2. The number of nitrogens with zero attached hydrogens (tertiary/aromatic N) is 4. The molecular weight excluding hydrogens is 488 g/mol. The molecule has 0 bridgehead atoms. The van der Waals surface area contributed by atoms with Gasteiger partial charge in [-0.15, -0.1) is 22.7 Å². The van der Waals surface area contributed by atoms with E-state index in [2.05, 4.69) is 10.2 Å². The lowest BCUT2D eigenvalue weighted by atomic mass is 9.96. The summed E-state index contributed by atoms with van der Waals surface area (Å²) < 4.78 is 24.7. The third-order valence-corrected chi connectivity index (χ3v) is 6.87. The van der Waals surface area contributed by atoms with Crippen LogP contribution in [0.2, 0.25) is 0 Å². The number of aromatic nitrogens is 4. The summed E-state index contributed by atoms with van der Waals surface area (Å²) in [5.41, 5.74) is 1.00. The molecule has 0 saturated heterocycles. The second kappa shape index (κ2) is 10.9. The van der Waals surface area contributed by atoms with Gasteiger partial charge in [-0.1, -0.05) is 32.9 Å². The highest BCUT2D eigenvalue weighted by atomic mass is 32.2. The Morgan fingerprint density at radius 3 is 1.82 bits per heavy atom. The van der Waals surface area contributed by atoms with Crippen molar-refractivity contribution in [2.75, 3.05) is 6.26 Å². The second-order valence-corrected chi connectivity index (χ2v) is 12.1. The highest BCUT2D eigenvalue weighted by Crippen LogP contribution is 2.17.